The minimum absolute atomic E-state index is 0.574. The third kappa shape index (κ3) is 1.47. The molecular weight excluding hydrogens is 199 g/mol. The van der Waals surface area contributed by atoms with Crippen LogP contribution in [0.15, 0.2) is 30.3 Å². The van der Waals surface area contributed by atoms with Crippen LogP contribution < -0.4 is 0 Å². The van der Waals surface area contributed by atoms with E-state index in [-0.39, 0.29) is 0 Å². The Hall–Kier alpha value is -0.0500. The number of rotatable bonds is 0. The molecule has 7 heavy (non-hydrogen) atoms. The number of hydrogen-bond acceptors (Lipinski definition) is 0. The largest absolute Gasteiger partial charge is 0.0623 e. The molecule has 0 amide bonds. The molecule has 0 saturated carbocycles. The van der Waals surface area contributed by atoms with E-state index in [4.69, 9.17) is 1.37 Å². The molecule has 0 saturated heterocycles. The van der Waals surface area contributed by atoms with Crippen molar-refractivity contribution >= 4 is 22.6 Å². The van der Waals surface area contributed by atoms with E-state index in [0.29, 0.717) is 6.04 Å². The third-order valence-electron chi connectivity index (χ3n) is 0.678. The molecule has 1 heteroatoms. The molecule has 0 N–H and O–H groups in total. The first kappa shape index (κ1) is 3.89. The summed E-state index contributed by atoms with van der Waals surface area (Å²) in [7, 11) is 0. The average molecular weight is 205 g/mol. The van der Waals surface area contributed by atoms with Crippen molar-refractivity contribution < 1.29 is 1.37 Å². The number of benzene rings is 1. The van der Waals surface area contributed by atoms with Gasteiger partial charge in [-0.05, 0) is 34.7 Å². The van der Waals surface area contributed by atoms with Gasteiger partial charge >= 0.3 is 0 Å². The maximum atomic E-state index is 7.09. The van der Waals surface area contributed by atoms with Crippen LogP contribution in [0.2, 0.25) is 0 Å². The number of halogens is 1. The Morgan fingerprint density at radius 2 is 2.00 bits per heavy atom. The zero-order valence-electron chi connectivity index (χ0n) is 4.69. The number of hydrogen-bond donors (Lipinski definition) is 0. The van der Waals surface area contributed by atoms with Crippen molar-refractivity contribution in [1.82, 2.24) is 0 Å². The summed E-state index contributed by atoms with van der Waals surface area (Å²) in [5.74, 6) is 0. The molecule has 0 bridgehead atoms. The van der Waals surface area contributed by atoms with Gasteiger partial charge < -0.3 is 0 Å². The average Bonchev–Trinajstić information content (AvgIpc) is 1.77. The summed E-state index contributed by atoms with van der Waals surface area (Å²) in [6, 6.07) is 7.97. The summed E-state index contributed by atoms with van der Waals surface area (Å²) < 4.78 is 8.27. The van der Waals surface area contributed by atoms with Crippen LogP contribution in [0.3, 0.4) is 0 Å². The van der Waals surface area contributed by atoms with Crippen LogP contribution in [0.25, 0.3) is 0 Å². The summed E-state index contributed by atoms with van der Waals surface area (Å²) >= 11 is 2.21. The second kappa shape index (κ2) is 2.31. The molecule has 0 aliphatic rings. The van der Waals surface area contributed by atoms with Gasteiger partial charge in [0.05, 0.1) is 1.37 Å². The fourth-order valence-electron chi connectivity index (χ4n) is 0.367. The van der Waals surface area contributed by atoms with Gasteiger partial charge in [0.1, 0.15) is 0 Å². The molecule has 0 aromatic heterocycles. The Labute approximate surface area is 58.1 Å². The van der Waals surface area contributed by atoms with E-state index in [9.17, 15) is 0 Å². The molecule has 0 nitrogen and oxygen atoms in total. The van der Waals surface area contributed by atoms with Gasteiger partial charge in [0.15, 0.2) is 0 Å². The topological polar surface area (TPSA) is 0 Å². The summed E-state index contributed by atoms with van der Waals surface area (Å²) in [4.78, 5) is 0. The molecule has 0 atom stereocenters. The Bertz CT molecular complexity index is 147. The highest BCUT2D eigenvalue weighted by molar-refractivity contribution is 14.1. The lowest BCUT2D eigenvalue weighted by atomic mass is 10.4. The van der Waals surface area contributed by atoms with Gasteiger partial charge in [-0.2, -0.15) is 0 Å². The molecule has 0 heterocycles. The van der Waals surface area contributed by atoms with Crippen molar-refractivity contribution in [3.05, 3.63) is 33.9 Å². The maximum Gasteiger partial charge on any atom is 0.0623 e. The van der Waals surface area contributed by atoms with E-state index in [2.05, 4.69) is 22.6 Å². The fourth-order valence-corrected chi connectivity index (χ4v) is 0.726. The van der Waals surface area contributed by atoms with Crippen molar-refractivity contribution in [3.63, 3.8) is 0 Å². The van der Waals surface area contributed by atoms with Gasteiger partial charge in [0, 0.05) is 3.57 Å². The summed E-state index contributed by atoms with van der Waals surface area (Å²) in [5.41, 5.74) is 0. The first-order chi connectivity index (χ1) is 3.79. The lowest BCUT2D eigenvalue weighted by Crippen LogP contribution is -1.61. The van der Waals surface area contributed by atoms with Crippen LogP contribution >= 0.6 is 22.6 Å². The van der Waals surface area contributed by atoms with Crippen LogP contribution in [0.5, 0.6) is 0 Å². The van der Waals surface area contributed by atoms with Gasteiger partial charge in [-0.25, -0.2) is 0 Å². The first-order valence-corrected chi connectivity index (χ1v) is 3.09. The molecule has 36 valence electrons. The lowest BCUT2D eigenvalue weighted by molar-refractivity contribution is 1.65. The van der Waals surface area contributed by atoms with Crippen molar-refractivity contribution in [2.24, 2.45) is 0 Å². The predicted octanol–water partition coefficient (Wildman–Crippen LogP) is 2.29. The zero-order chi connectivity index (χ0) is 5.98. The second-order valence-corrected chi connectivity index (χ2v) is 2.46. The third-order valence-corrected chi connectivity index (χ3v) is 1.40. The van der Waals surface area contributed by atoms with E-state index >= 15 is 0 Å². The Kier molecular flexibility index (Phi) is 1.28. The van der Waals surface area contributed by atoms with Crippen LogP contribution in [-0.2, 0) is 0 Å². The maximum absolute atomic E-state index is 7.09. The van der Waals surface area contributed by atoms with Crippen LogP contribution in [0.1, 0.15) is 1.37 Å². The molecule has 0 radical (unpaired) electrons. The Balaban J connectivity index is 3.03. The molecule has 0 fully saturated rings. The highest BCUT2D eigenvalue weighted by atomic mass is 127. The fraction of sp³-hybridized carbons (Fsp3) is 0. The second-order valence-electron chi connectivity index (χ2n) is 1.22. The van der Waals surface area contributed by atoms with Gasteiger partial charge in [-0.1, -0.05) is 18.2 Å². The van der Waals surface area contributed by atoms with Gasteiger partial charge in [0.2, 0.25) is 0 Å². The van der Waals surface area contributed by atoms with Gasteiger partial charge in [0.25, 0.3) is 0 Å². The summed E-state index contributed by atoms with van der Waals surface area (Å²) in [5, 5.41) is 0. The minimum Gasteiger partial charge on any atom is -0.0622 e. The normalized spacial score (nSPS) is 10.7. The summed E-state index contributed by atoms with van der Waals surface area (Å²) in [6.07, 6.45) is 0. The predicted molar refractivity (Wildman–Crippen MR) is 39.2 cm³/mol. The zero-order valence-corrected chi connectivity index (χ0v) is 5.84. The first-order valence-electron chi connectivity index (χ1n) is 2.51. The highest BCUT2D eigenvalue weighted by Crippen LogP contribution is 1.99. The molecule has 0 unspecified atom stereocenters. The summed E-state index contributed by atoms with van der Waals surface area (Å²) in [6.45, 7) is 0. The van der Waals surface area contributed by atoms with E-state index in [1.54, 1.807) is 12.1 Å². The molecule has 1 rings (SSSR count). The molecule has 0 aliphatic carbocycles. The van der Waals surface area contributed by atoms with E-state index in [1.165, 1.54) is 3.57 Å². The van der Waals surface area contributed by atoms with Gasteiger partial charge in [-0.15, -0.1) is 0 Å². The molecular formula is C6H5I. The Morgan fingerprint density at radius 1 is 1.43 bits per heavy atom. The molecule has 0 spiro atoms. The van der Waals surface area contributed by atoms with Crippen molar-refractivity contribution in [1.29, 1.82) is 0 Å². The molecule has 0 aliphatic heterocycles. The van der Waals surface area contributed by atoms with Gasteiger partial charge in [-0.3, -0.25) is 0 Å². The van der Waals surface area contributed by atoms with Crippen LogP contribution in [0, 0.1) is 3.57 Å². The quantitative estimate of drug-likeness (QED) is 0.570. The standard InChI is InChI=1S/C6H5I/c7-6-4-2-1-3-5-6/h1-5H/i1D. The van der Waals surface area contributed by atoms with Crippen LogP contribution in [0.4, 0.5) is 0 Å². The van der Waals surface area contributed by atoms with Crippen molar-refractivity contribution in [2.75, 3.05) is 0 Å². The van der Waals surface area contributed by atoms with Crippen molar-refractivity contribution in [2.45, 2.75) is 0 Å². The van der Waals surface area contributed by atoms with Crippen molar-refractivity contribution in [3.8, 4) is 0 Å². The van der Waals surface area contributed by atoms with Crippen LogP contribution in [-0.4, -0.2) is 0 Å². The molecule has 1 aromatic carbocycles. The van der Waals surface area contributed by atoms with E-state index in [0.717, 1.165) is 0 Å². The lowest BCUT2D eigenvalue weighted by Gasteiger charge is -1.80. The molecule has 1 aromatic rings. The SMILES string of the molecule is [2H]c1ccc(I)cc1. The van der Waals surface area contributed by atoms with E-state index < -0.39 is 0 Å². The van der Waals surface area contributed by atoms with E-state index in [1.807, 2.05) is 12.1 Å². The monoisotopic (exact) mass is 205 g/mol. The minimum atomic E-state index is 0.574. The highest BCUT2D eigenvalue weighted by Gasteiger charge is 1.74. The Morgan fingerprint density at radius 3 is 2.43 bits per heavy atom. The smallest absolute Gasteiger partial charge is 0.0622 e.